The summed E-state index contributed by atoms with van der Waals surface area (Å²) >= 11 is 5.93. The Labute approximate surface area is 108 Å². The number of hydrogen-bond donors (Lipinski definition) is 1. The van der Waals surface area contributed by atoms with Gasteiger partial charge in [-0.05, 0) is 48.9 Å². The number of rotatable bonds is 1. The SMILES string of the molecule is Cc1cc(F)ccc1-c1nc2ccc(Cl)cc2[nH]1. The van der Waals surface area contributed by atoms with Gasteiger partial charge in [0.25, 0.3) is 0 Å². The van der Waals surface area contributed by atoms with Gasteiger partial charge in [-0.2, -0.15) is 0 Å². The quantitative estimate of drug-likeness (QED) is 0.693. The highest BCUT2D eigenvalue weighted by molar-refractivity contribution is 6.31. The van der Waals surface area contributed by atoms with Crippen LogP contribution in [0.3, 0.4) is 0 Å². The van der Waals surface area contributed by atoms with Gasteiger partial charge < -0.3 is 4.98 Å². The predicted octanol–water partition coefficient (Wildman–Crippen LogP) is 4.33. The van der Waals surface area contributed by atoms with Crippen molar-refractivity contribution in [1.82, 2.24) is 9.97 Å². The van der Waals surface area contributed by atoms with Crippen LogP contribution in [0.1, 0.15) is 5.56 Å². The standard InChI is InChI=1S/C14H10ClFN2/c1-8-6-10(16)3-4-11(8)14-17-12-5-2-9(15)7-13(12)18-14/h2-7H,1H3,(H,17,18). The maximum Gasteiger partial charge on any atom is 0.138 e. The first kappa shape index (κ1) is 11.2. The van der Waals surface area contributed by atoms with E-state index in [1.54, 1.807) is 12.1 Å². The molecule has 0 atom stereocenters. The molecular weight excluding hydrogens is 251 g/mol. The molecule has 3 aromatic rings. The zero-order valence-electron chi connectivity index (χ0n) is 9.67. The number of H-pyrrole nitrogens is 1. The molecule has 0 radical (unpaired) electrons. The molecule has 0 aliphatic rings. The number of aromatic nitrogens is 2. The average molecular weight is 261 g/mol. The first-order chi connectivity index (χ1) is 8.63. The van der Waals surface area contributed by atoms with Crippen molar-refractivity contribution in [3.63, 3.8) is 0 Å². The monoisotopic (exact) mass is 260 g/mol. The van der Waals surface area contributed by atoms with E-state index in [1.165, 1.54) is 12.1 Å². The minimum absolute atomic E-state index is 0.240. The van der Waals surface area contributed by atoms with Crippen LogP contribution in [0.4, 0.5) is 4.39 Å². The Kier molecular flexibility index (Phi) is 2.56. The molecule has 1 heterocycles. The third kappa shape index (κ3) is 1.87. The van der Waals surface area contributed by atoms with Crippen LogP contribution >= 0.6 is 11.6 Å². The highest BCUT2D eigenvalue weighted by Crippen LogP contribution is 2.25. The van der Waals surface area contributed by atoms with Crippen LogP contribution in [0.15, 0.2) is 36.4 Å². The van der Waals surface area contributed by atoms with Crippen LogP contribution in [0.25, 0.3) is 22.4 Å². The first-order valence-corrected chi connectivity index (χ1v) is 5.93. The molecule has 0 bridgehead atoms. The van der Waals surface area contributed by atoms with Crippen LogP contribution in [-0.4, -0.2) is 9.97 Å². The molecule has 0 fully saturated rings. The number of aryl methyl sites for hydroxylation is 1. The van der Waals surface area contributed by atoms with Crippen LogP contribution in [0, 0.1) is 12.7 Å². The van der Waals surface area contributed by atoms with Crippen LogP contribution in [-0.2, 0) is 0 Å². The first-order valence-electron chi connectivity index (χ1n) is 5.55. The van der Waals surface area contributed by atoms with Crippen LogP contribution in [0.2, 0.25) is 5.02 Å². The van der Waals surface area contributed by atoms with Crippen molar-refractivity contribution in [3.05, 3.63) is 52.8 Å². The molecule has 0 aliphatic carbocycles. The smallest absolute Gasteiger partial charge is 0.138 e. The summed E-state index contributed by atoms with van der Waals surface area (Å²) in [5.74, 6) is 0.486. The third-order valence-corrected chi connectivity index (χ3v) is 3.12. The number of hydrogen-bond acceptors (Lipinski definition) is 1. The van der Waals surface area contributed by atoms with Gasteiger partial charge in [-0.3, -0.25) is 0 Å². The number of aromatic amines is 1. The van der Waals surface area contributed by atoms with Crippen LogP contribution in [0.5, 0.6) is 0 Å². The minimum atomic E-state index is -0.240. The molecule has 0 spiro atoms. The number of benzene rings is 2. The van der Waals surface area contributed by atoms with Gasteiger partial charge in [-0.15, -0.1) is 0 Å². The van der Waals surface area contributed by atoms with Crippen molar-refractivity contribution in [1.29, 1.82) is 0 Å². The predicted molar refractivity (Wildman–Crippen MR) is 71.2 cm³/mol. The lowest BCUT2D eigenvalue weighted by Gasteiger charge is -2.01. The second-order valence-electron chi connectivity index (χ2n) is 4.21. The molecular formula is C14H10ClFN2. The Morgan fingerprint density at radius 1 is 1.17 bits per heavy atom. The molecule has 3 rings (SSSR count). The molecule has 0 saturated carbocycles. The second kappa shape index (κ2) is 4.10. The zero-order chi connectivity index (χ0) is 12.7. The molecule has 1 aromatic heterocycles. The van der Waals surface area contributed by atoms with Gasteiger partial charge in [0.1, 0.15) is 11.6 Å². The lowest BCUT2D eigenvalue weighted by atomic mass is 10.1. The van der Waals surface area contributed by atoms with Gasteiger partial charge >= 0.3 is 0 Å². The van der Waals surface area contributed by atoms with Gasteiger partial charge in [0, 0.05) is 10.6 Å². The summed E-state index contributed by atoms with van der Waals surface area (Å²) in [6, 6.07) is 10.1. The topological polar surface area (TPSA) is 28.7 Å². The van der Waals surface area contributed by atoms with Crippen molar-refractivity contribution in [2.24, 2.45) is 0 Å². The molecule has 0 unspecified atom stereocenters. The molecule has 0 aliphatic heterocycles. The maximum absolute atomic E-state index is 13.1. The summed E-state index contributed by atoms with van der Waals surface area (Å²) < 4.78 is 13.1. The normalized spacial score (nSPS) is 11.1. The molecule has 1 N–H and O–H groups in total. The average Bonchev–Trinajstić information content (AvgIpc) is 2.71. The van der Waals surface area contributed by atoms with E-state index < -0.39 is 0 Å². The number of fused-ring (bicyclic) bond motifs is 1. The van der Waals surface area contributed by atoms with E-state index in [-0.39, 0.29) is 5.82 Å². The van der Waals surface area contributed by atoms with E-state index in [1.807, 2.05) is 19.1 Å². The summed E-state index contributed by atoms with van der Waals surface area (Å²) in [7, 11) is 0. The number of halogens is 2. The van der Waals surface area contributed by atoms with E-state index in [4.69, 9.17) is 11.6 Å². The number of nitrogens with zero attached hydrogens (tertiary/aromatic N) is 1. The van der Waals surface area contributed by atoms with Crippen molar-refractivity contribution >= 4 is 22.6 Å². The van der Waals surface area contributed by atoms with Crippen molar-refractivity contribution < 1.29 is 4.39 Å². The van der Waals surface area contributed by atoms with Crippen molar-refractivity contribution in [2.45, 2.75) is 6.92 Å². The van der Waals surface area contributed by atoms with Gasteiger partial charge in [-0.25, -0.2) is 9.37 Å². The van der Waals surface area contributed by atoms with Gasteiger partial charge in [0.15, 0.2) is 0 Å². The summed E-state index contributed by atoms with van der Waals surface area (Å²) in [4.78, 5) is 7.67. The van der Waals surface area contributed by atoms with E-state index in [9.17, 15) is 4.39 Å². The highest BCUT2D eigenvalue weighted by atomic mass is 35.5. The minimum Gasteiger partial charge on any atom is -0.338 e. The van der Waals surface area contributed by atoms with E-state index in [2.05, 4.69) is 9.97 Å². The lowest BCUT2D eigenvalue weighted by molar-refractivity contribution is 0.627. The van der Waals surface area contributed by atoms with Gasteiger partial charge in [0.05, 0.1) is 11.0 Å². The Hall–Kier alpha value is -1.87. The molecule has 90 valence electrons. The summed E-state index contributed by atoms with van der Waals surface area (Å²) in [5, 5.41) is 0.661. The fourth-order valence-electron chi connectivity index (χ4n) is 2.00. The maximum atomic E-state index is 13.1. The summed E-state index contributed by atoms with van der Waals surface area (Å²) in [6.45, 7) is 1.86. The van der Waals surface area contributed by atoms with Crippen molar-refractivity contribution in [3.8, 4) is 11.4 Å². The molecule has 0 saturated heterocycles. The lowest BCUT2D eigenvalue weighted by Crippen LogP contribution is -1.86. The fourth-order valence-corrected chi connectivity index (χ4v) is 2.17. The van der Waals surface area contributed by atoms with Gasteiger partial charge in [-0.1, -0.05) is 11.6 Å². The number of imidazole rings is 1. The molecule has 2 aromatic carbocycles. The second-order valence-corrected chi connectivity index (χ2v) is 4.64. The molecule has 2 nitrogen and oxygen atoms in total. The van der Waals surface area contributed by atoms with Gasteiger partial charge in [0.2, 0.25) is 0 Å². The summed E-state index contributed by atoms with van der Waals surface area (Å²) in [6.07, 6.45) is 0. The van der Waals surface area contributed by atoms with E-state index >= 15 is 0 Å². The molecule has 18 heavy (non-hydrogen) atoms. The zero-order valence-corrected chi connectivity index (χ0v) is 10.4. The Morgan fingerprint density at radius 3 is 2.78 bits per heavy atom. The molecule has 0 amide bonds. The van der Waals surface area contributed by atoms with E-state index in [0.29, 0.717) is 5.02 Å². The molecule has 4 heteroatoms. The Balaban J connectivity index is 2.19. The highest BCUT2D eigenvalue weighted by Gasteiger charge is 2.08. The third-order valence-electron chi connectivity index (χ3n) is 2.89. The fraction of sp³-hybridized carbons (Fsp3) is 0.0714. The largest absolute Gasteiger partial charge is 0.338 e. The van der Waals surface area contributed by atoms with Crippen molar-refractivity contribution in [2.75, 3.05) is 0 Å². The number of nitrogens with one attached hydrogen (secondary N) is 1. The van der Waals surface area contributed by atoms with Crippen LogP contribution < -0.4 is 0 Å². The Bertz CT molecular complexity index is 734. The summed E-state index contributed by atoms with van der Waals surface area (Å²) in [5.41, 5.74) is 3.46. The van der Waals surface area contributed by atoms with E-state index in [0.717, 1.165) is 28.0 Å². The Morgan fingerprint density at radius 2 is 2.00 bits per heavy atom.